The van der Waals surface area contributed by atoms with Crippen LogP contribution in [0.4, 0.5) is 10.6 Å². The second-order valence-corrected chi connectivity index (χ2v) is 4.33. The summed E-state index contributed by atoms with van der Waals surface area (Å²) in [6.07, 6.45) is 2.20. The van der Waals surface area contributed by atoms with Crippen molar-refractivity contribution in [2.75, 3.05) is 11.9 Å². The summed E-state index contributed by atoms with van der Waals surface area (Å²) in [6.45, 7) is 5.62. The Balaban J connectivity index is 2.48. The number of aromatic nitrogens is 1. The van der Waals surface area contributed by atoms with Crippen LogP contribution in [0.15, 0.2) is 18.3 Å². The van der Waals surface area contributed by atoms with Gasteiger partial charge in [-0.15, -0.1) is 0 Å². The highest BCUT2D eigenvalue weighted by molar-refractivity contribution is 5.88. The van der Waals surface area contributed by atoms with E-state index < -0.39 is 5.60 Å². The van der Waals surface area contributed by atoms with Crippen molar-refractivity contribution in [3.05, 3.63) is 23.9 Å². The zero-order valence-corrected chi connectivity index (χ0v) is 10.4. The van der Waals surface area contributed by atoms with Crippen LogP contribution in [0.2, 0.25) is 0 Å². The Morgan fingerprint density at radius 2 is 2.29 bits per heavy atom. The Morgan fingerprint density at radius 3 is 2.88 bits per heavy atom. The zero-order valence-electron chi connectivity index (χ0n) is 10.4. The van der Waals surface area contributed by atoms with Gasteiger partial charge < -0.3 is 10.4 Å². The highest BCUT2D eigenvalue weighted by atomic mass is 16.3. The minimum atomic E-state index is -0.878. The molecule has 0 aliphatic carbocycles. The van der Waals surface area contributed by atoms with Crippen molar-refractivity contribution >= 4 is 11.8 Å². The summed E-state index contributed by atoms with van der Waals surface area (Å²) in [7, 11) is 0. The molecule has 0 aliphatic rings. The van der Waals surface area contributed by atoms with Gasteiger partial charge in [-0.05, 0) is 31.9 Å². The molecule has 1 aromatic heterocycles. The van der Waals surface area contributed by atoms with E-state index in [1.54, 1.807) is 19.2 Å². The Labute approximate surface area is 101 Å². The molecule has 1 heterocycles. The molecule has 94 valence electrons. The van der Waals surface area contributed by atoms with E-state index >= 15 is 0 Å². The molecular weight excluding hydrogens is 218 g/mol. The predicted molar refractivity (Wildman–Crippen MR) is 66.9 cm³/mol. The van der Waals surface area contributed by atoms with Gasteiger partial charge in [0, 0.05) is 12.7 Å². The Kier molecular flexibility index (Phi) is 4.45. The number of nitrogens with zero attached hydrogens (tertiary/aromatic N) is 1. The van der Waals surface area contributed by atoms with Crippen LogP contribution in [0.25, 0.3) is 0 Å². The maximum absolute atomic E-state index is 11.6. The van der Waals surface area contributed by atoms with Crippen LogP contribution in [0.3, 0.4) is 0 Å². The summed E-state index contributed by atoms with van der Waals surface area (Å²) < 4.78 is 0. The van der Waals surface area contributed by atoms with E-state index in [4.69, 9.17) is 0 Å². The number of aryl methyl sites for hydroxylation is 1. The molecular formula is C12H19N3O2. The van der Waals surface area contributed by atoms with E-state index in [1.165, 1.54) is 0 Å². The van der Waals surface area contributed by atoms with E-state index in [1.807, 2.05) is 19.9 Å². The number of urea groups is 1. The first-order valence-electron chi connectivity index (χ1n) is 5.63. The number of hydrogen-bond acceptors (Lipinski definition) is 3. The fourth-order valence-corrected chi connectivity index (χ4v) is 1.16. The number of pyridine rings is 1. The first kappa shape index (κ1) is 13.4. The van der Waals surface area contributed by atoms with Crippen molar-refractivity contribution in [1.29, 1.82) is 0 Å². The van der Waals surface area contributed by atoms with Gasteiger partial charge in [-0.25, -0.2) is 9.78 Å². The minimum Gasteiger partial charge on any atom is -0.388 e. The molecule has 17 heavy (non-hydrogen) atoms. The molecule has 0 fully saturated rings. The molecule has 1 atom stereocenters. The van der Waals surface area contributed by atoms with Gasteiger partial charge in [0.2, 0.25) is 0 Å². The number of amides is 2. The highest BCUT2D eigenvalue weighted by Crippen LogP contribution is 2.09. The summed E-state index contributed by atoms with van der Waals surface area (Å²) in [6, 6.07) is 3.31. The van der Waals surface area contributed by atoms with Crippen LogP contribution in [-0.2, 0) is 0 Å². The van der Waals surface area contributed by atoms with E-state index in [0.29, 0.717) is 12.2 Å². The highest BCUT2D eigenvalue weighted by Gasteiger charge is 2.18. The molecule has 0 aliphatic heterocycles. The molecule has 0 saturated heterocycles. The summed E-state index contributed by atoms with van der Waals surface area (Å²) in [5, 5.41) is 15.0. The van der Waals surface area contributed by atoms with Crippen molar-refractivity contribution in [1.82, 2.24) is 10.3 Å². The monoisotopic (exact) mass is 237 g/mol. The van der Waals surface area contributed by atoms with Crippen LogP contribution in [0.1, 0.15) is 25.8 Å². The summed E-state index contributed by atoms with van der Waals surface area (Å²) in [5.74, 6) is 0.529. The lowest BCUT2D eigenvalue weighted by molar-refractivity contribution is 0.0587. The maximum Gasteiger partial charge on any atom is 0.320 e. The van der Waals surface area contributed by atoms with Crippen LogP contribution < -0.4 is 10.6 Å². The lowest BCUT2D eigenvalue weighted by Crippen LogP contribution is -2.42. The average Bonchev–Trinajstić information content (AvgIpc) is 2.30. The number of anilines is 1. The third-order valence-corrected chi connectivity index (χ3v) is 2.63. The van der Waals surface area contributed by atoms with Crippen LogP contribution in [0.5, 0.6) is 0 Å². The van der Waals surface area contributed by atoms with Crippen molar-refractivity contribution in [2.24, 2.45) is 0 Å². The molecule has 0 radical (unpaired) electrons. The second kappa shape index (κ2) is 5.63. The van der Waals surface area contributed by atoms with Gasteiger partial charge in [-0.2, -0.15) is 0 Å². The SMILES string of the molecule is CCC(C)(O)CNC(=O)Nc1ncccc1C. The summed E-state index contributed by atoms with van der Waals surface area (Å²) in [4.78, 5) is 15.6. The van der Waals surface area contributed by atoms with Crippen LogP contribution in [-0.4, -0.2) is 28.3 Å². The predicted octanol–water partition coefficient (Wildman–Crippen LogP) is 1.67. The molecule has 0 bridgehead atoms. The van der Waals surface area contributed by atoms with Crippen molar-refractivity contribution in [3.8, 4) is 0 Å². The second-order valence-electron chi connectivity index (χ2n) is 4.33. The van der Waals surface area contributed by atoms with Gasteiger partial charge in [-0.3, -0.25) is 5.32 Å². The van der Waals surface area contributed by atoms with Gasteiger partial charge in [0.25, 0.3) is 0 Å². The molecule has 1 unspecified atom stereocenters. The lowest BCUT2D eigenvalue weighted by atomic mass is 10.0. The van der Waals surface area contributed by atoms with Crippen LogP contribution >= 0.6 is 0 Å². The normalized spacial score (nSPS) is 13.9. The largest absolute Gasteiger partial charge is 0.388 e. The number of carbonyl (C=O) groups excluding carboxylic acids is 1. The fourth-order valence-electron chi connectivity index (χ4n) is 1.16. The standard InChI is InChI=1S/C12H19N3O2/c1-4-12(3,17)8-14-11(16)15-10-9(2)6-5-7-13-10/h5-7,17H,4,8H2,1-3H3,(H2,13,14,15,16). The smallest absolute Gasteiger partial charge is 0.320 e. The third-order valence-electron chi connectivity index (χ3n) is 2.63. The summed E-state index contributed by atoms with van der Waals surface area (Å²) >= 11 is 0. The lowest BCUT2D eigenvalue weighted by Gasteiger charge is -2.21. The first-order chi connectivity index (χ1) is 7.94. The zero-order chi connectivity index (χ0) is 12.9. The van der Waals surface area contributed by atoms with Gasteiger partial charge in [0.1, 0.15) is 5.82 Å². The Bertz CT molecular complexity index is 391. The van der Waals surface area contributed by atoms with Gasteiger partial charge >= 0.3 is 6.03 Å². The third kappa shape index (κ3) is 4.40. The van der Waals surface area contributed by atoms with Crippen molar-refractivity contribution < 1.29 is 9.90 Å². The van der Waals surface area contributed by atoms with Crippen LogP contribution in [0, 0.1) is 6.92 Å². The number of aliphatic hydroxyl groups is 1. The van der Waals surface area contributed by atoms with Gasteiger partial charge in [0.15, 0.2) is 0 Å². The quantitative estimate of drug-likeness (QED) is 0.745. The number of hydrogen-bond donors (Lipinski definition) is 3. The number of rotatable bonds is 4. The molecule has 3 N–H and O–H groups in total. The van der Waals surface area contributed by atoms with Crippen molar-refractivity contribution in [2.45, 2.75) is 32.8 Å². The van der Waals surface area contributed by atoms with Crippen molar-refractivity contribution in [3.63, 3.8) is 0 Å². The van der Waals surface area contributed by atoms with Gasteiger partial charge in [-0.1, -0.05) is 13.0 Å². The minimum absolute atomic E-state index is 0.210. The topological polar surface area (TPSA) is 74.2 Å². The van der Waals surface area contributed by atoms with E-state index in [2.05, 4.69) is 15.6 Å². The number of carbonyl (C=O) groups is 1. The Morgan fingerprint density at radius 1 is 1.59 bits per heavy atom. The summed E-state index contributed by atoms with van der Waals surface area (Å²) in [5.41, 5.74) is 0.0150. The first-order valence-corrected chi connectivity index (χ1v) is 5.63. The molecule has 0 saturated carbocycles. The van der Waals surface area contributed by atoms with E-state index in [-0.39, 0.29) is 12.6 Å². The molecule has 1 aromatic rings. The Hall–Kier alpha value is -1.62. The fraction of sp³-hybridized carbons (Fsp3) is 0.500. The molecule has 0 aromatic carbocycles. The molecule has 5 heteroatoms. The molecule has 5 nitrogen and oxygen atoms in total. The number of nitrogens with one attached hydrogen (secondary N) is 2. The molecule has 1 rings (SSSR count). The average molecular weight is 237 g/mol. The van der Waals surface area contributed by atoms with Gasteiger partial charge in [0.05, 0.1) is 5.60 Å². The molecule has 2 amide bonds. The van der Waals surface area contributed by atoms with E-state index in [0.717, 1.165) is 5.56 Å². The van der Waals surface area contributed by atoms with E-state index in [9.17, 15) is 9.90 Å². The molecule has 0 spiro atoms. The maximum atomic E-state index is 11.6.